The summed E-state index contributed by atoms with van der Waals surface area (Å²) in [6, 6.07) is 81.0. The lowest BCUT2D eigenvalue weighted by Gasteiger charge is -2.32. The molecule has 0 spiro atoms. The van der Waals surface area contributed by atoms with Crippen LogP contribution in [0, 0.1) is 0 Å². The van der Waals surface area contributed by atoms with Gasteiger partial charge in [-0.1, -0.05) is 185 Å². The van der Waals surface area contributed by atoms with E-state index in [0.717, 1.165) is 34.1 Å². The predicted octanol–water partition coefficient (Wildman–Crippen LogP) is 17.9. The number of hydrogen-bond acceptors (Lipinski definition) is 2. The second-order valence-corrected chi connectivity index (χ2v) is 19.3. The van der Waals surface area contributed by atoms with Crippen molar-refractivity contribution < 1.29 is 0 Å². The largest absolute Gasteiger partial charge is 0.310 e. The Morgan fingerprint density at radius 1 is 0.288 bits per heavy atom. The van der Waals surface area contributed by atoms with Crippen molar-refractivity contribution in [3.05, 3.63) is 241 Å². The molecule has 66 heavy (non-hydrogen) atoms. The fourth-order valence-electron chi connectivity index (χ4n) is 12.1. The fourth-order valence-corrected chi connectivity index (χ4v) is 12.1. The summed E-state index contributed by atoms with van der Waals surface area (Å²) in [7, 11) is 0. The van der Waals surface area contributed by atoms with Crippen LogP contribution in [0.3, 0.4) is 0 Å². The van der Waals surface area contributed by atoms with Crippen LogP contribution < -0.4 is 9.80 Å². The van der Waals surface area contributed by atoms with Gasteiger partial charge < -0.3 is 9.80 Å². The molecule has 2 aliphatic rings. The van der Waals surface area contributed by atoms with Crippen molar-refractivity contribution in [2.45, 2.75) is 38.5 Å². The monoisotopic (exact) mass is 844 g/mol. The minimum Gasteiger partial charge on any atom is -0.310 e. The molecule has 0 heterocycles. The van der Waals surface area contributed by atoms with Crippen molar-refractivity contribution in [3.63, 3.8) is 0 Å². The van der Waals surface area contributed by atoms with Gasteiger partial charge >= 0.3 is 0 Å². The summed E-state index contributed by atoms with van der Waals surface area (Å²) < 4.78 is 0. The molecule has 0 saturated carbocycles. The molecule has 2 nitrogen and oxygen atoms in total. The Kier molecular flexibility index (Phi) is 8.33. The van der Waals surface area contributed by atoms with Crippen LogP contribution in [-0.2, 0) is 10.8 Å². The Bertz CT molecular complexity index is 3760. The highest BCUT2D eigenvalue weighted by atomic mass is 15.1. The molecule has 0 aromatic heterocycles. The van der Waals surface area contributed by atoms with Crippen molar-refractivity contribution in [1.29, 1.82) is 0 Å². The molecule has 11 aromatic rings. The summed E-state index contributed by atoms with van der Waals surface area (Å²) in [5.41, 5.74) is 17.5. The smallest absolute Gasteiger partial charge is 0.0540 e. The first kappa shape index (κ1) is 38.5. The molecule has 0 saturated heterocycles. The second kappa shape index (κ2) is 14.3. The summed E-state index contributed by atoms with van der Waals surface area (Å²) in [4.78, 5) is 4.91. The zero-order valence-corrected chi connectivity index (χ0v) is 37.7. The van der Waals surface area contributed by atoms with Crippen LogP contribution in [0.4, 0.5) is 34.1 Å². The molecule has 2 heteroatoms. The maximum absolute atomic E-state index is 2.50. The highest BCUT2D eigenvalue weighted by Crippen LogP contribution is 2.62. The molecule has 2 aliphatic carbocycles. The molecule has 0 atom stereocenters. The third-order valence-electron chi connectivity index (χ3n) is 14.9. The van der Waals surface area contributed by atoms with E-state index in [9.17, 15) is 0 Å². The standard InChI is InChI=1S/C64H48N2/c1-63(2)56-30-16-15-29-51(56)52-37-38-53-59-54-39-45(65(43-23-7-5-8-24-43)57-31-17-21-41-19-11-13-27-47(41)57)33-35-49(54)50-36-34-46(40-55(50)60(59)64(3,4)62(53)61(52)63)66(44-25-9-6-10-26-44)58-32-18-22-42-20-12-14-28-48(42)58/h5-40H,1-4H3. The number of para-hydroxylation sites is 2. The van der Waals surface area contributed by atoms with Gasteiger partial charge in [-0.2, -0.15) is 0 Å². The van der Waals surface area contributed by atoms with Crippen LogP contribution in [-0.4, -0.2) is 0 Å². The summed E-state index contributed by atoms with van der Waals surface area (Å²) >= 11 is 0. The van der Waals surface area contributed by atoms with Crippen molar-refractivity contribution in [2.24, 2.45) is 0 Å². The average molecular weight is 845 g/mol. The highest BCUT2D eigenvalue weighted by molar-refractivity contribution is 6.20. The van der Waals surface area contributed by atoms with Crippen molar-refractivity contribution >= 4 is 77.2 Å². The van der Waals surface area contributed by atoms with E-state index in [-0.39, 0.29) is 10.8 Å². The molecule has 314 valence electrons. The van der Waals surface area contributed by atoms with E-state index in [4.69, 9.17) is 0 Å². The van der Waals surface area contributed by atoms with Crippen LogP contribution >= 0.6 is 0 Å². The molecular formula is C64H48N2. The quantitative estimate of drug-likeness (QED) is 0.154. The minimum absolute atomic E-state index is 0.171. The molecular weight excluding hydrogens is 797 g/mol. The van der Waals surface area contributed by atoms with Crippen LogP contribution in [0.5, 0.6) is 0 Å². The Hall–Kier alpha value is -7.94. The summed E-state index contributed by atoms with van der Waals surface area (Å²) in [5.74, 6) is 0. The van der Waals surface area contributed by atoms with E-state index >= 15 is 0 Å². The van der Waals surface area contributed by atoms with Crippen molar-refractivity contribution in [3.8, 4) is 22.3 Å². The van der Waals surface area contributed by atoms with Gasteiger partial charge in [0.05, 0.1) is 11.4 Å². The van der Waals surface area contributed by atoms with Crippen LogP contribution in [0.2, 0.25) is 0 Å². The number of fused-ring (bicyclic) bond motifs is 14. The number of nitrogens with zero attached hydrogens (tertiary/aromatic N) is 2. The lowest BCUT2D eigenvalue weighted by atomic mass is 9.72. The molecule has 0 unspecified atom stereocenters. The maximum Gasteiger partial charge on any atom is 0.0540 e. The topological polar surface area (TPSA) is 6.48 Å². The van der Waals surface area contributed by atoms with E-state index in [1.807, 2.05) is 0 Å². The first-order valence-electron chi connectivity index (χ1n) is 23.3. The fraction of sp³-hybridized carbons (Fsp3) is 0.0938. The zero-order valence-electron chi connectivity index (χ0n) is 37.7. The predicted molar refractivity (Wildman–Crippen MR) is 281 cm³/mol. The minimum atomic E-state index is -0.331. The van der Waals surface area contributed by atoms with E-state index in [1.165, 1.54) is 87.6 Å². The molecule has 13 rings (SSSR count). The Balaban J connectivity index is 1.13. The van der Waals surface area contributed by atoms with Gasteiger partial charge in [-0.25, -0.2) is 0 Å². The first-order chi connectivity index (χ1) is 32.3. The third-order valence-corrected chi connectivity index (χ3v) is 14.9. The van der Waals surface area contributed by atoms with Crippen LogP contribution in [0.1, 0.15) is 49.9 Å². The molecule has 0 aliphatic heterocycles. The van der Waals surface area contributed by atoms with Gasteiger partial charge in [0, 0.05) is 44.4 Å². The molecule has 11 aromatic carbocycles. The molecule has 0 N–H and O–H groups in total. The van der Waals surface area contributed by atoms with Gasteiger partial charge in [-0.3, -0.25) is 0 Å². The number of benzene rings is 11. The molecule has 0 fully saturated rings. The normalized spacial score (nSPS) is 14.0. The zero-order chi connectivity index (χ0) is 44.3. The van der Waals surface area contributed by atoms with E-state index < -0.39 is 0 Å². The van der Waals surface area contributed by atoms with Gasteiger partial charge in [0.15, 0.2) is 0 Å². The lowest BCUT2D eigenvalue weighted by molar-refractivity contribution is 0.604. The maximum atomic E-state index is 2.50. The third kappa shape index (κ3) is 5.48. The van der Waals surface area contributed by atoms with E-state index in [2.05, 4.69) is 256 Å². The highest BCUT2D eigenvalue weighted by Gasteiger charge is 2.47. The van der Waals surface area contributed by atoms with Crippen LogP contribution in [0.15, 0.2) is 218 Å². The summed E-state index contributed by atoms with van der Waals surface area (Å²) in [6.07, 6.45) is 0. The molecule has 0 bridgehead atoms. The van der Waals surface area contributed by atoms with E-state index in [0.29, 0.717) is 0 Å². The van der Waals surface area contributed by atoms with Crippen molar-refractivity contribution in [2.75, 3.05) is 9.80 Å². The van der Waals surface area contributed by atoms with Crippen molar-refractivity contribution in [1.82, 2.24) is 0 Å². The van der Waals surface area contributed by atoms with Gasteiger partial charge in [-0.15, -0.1) is 0 Å². The Morgan fingerprint density at radius 2 is 0.758 bits per heavy atom. The number of rotatable bonds is 6. The Labute approximate surface area is 386 Å². The second-order valence-electron chi connectivity index (χ2n) is 19.3. The average Bonchev–Trinajstić information content (AvgIpc) is 3.74. The molecule has 0 radical (unpaired) electrons. The first-order valence-corrected chi connectivity index (χ1v) is 23.3. The SMILES string of the molecule is CC1(C)c2ccccc2-c2ccc3c(c21)C(C)(C)c1c-3c2cc(N(c3ccccc3)c3cccc4ccccc34)ccc2c2ccc(N(c3ccccc3)c3cccc4ccccc34)cc12. The van der Waals surface area contributed by atoms with E-state index in [1.54, 1.807) is 0 Å². The van der Waals surface area contributed by atoms with Crippen LogP contribution in [0.25, 0.3) is 65.3 Å². The lowest BCUT2D eigenvalue weighted by Crippen LogP contribution is -2.24. The number of anilines is 6. The summed E-state index contributed by atoms with van der Waals surface area (Å²) in [6.45, 7) is 9.86. The molecule has 0 amide bonds. The van der Waals surface area contributed by atoms with Gasteiger partial charge in [0.1, 0.15) is 0 Å². The Morgan fingerprint density at radius 3 is 1.36 bits per heavy atom. The number of hydrogen-bond donors (Lipinski definition) is 0. The van der Waals surface area contributed by atoms with Gasteiger partial charge in [-0.05, 0) is 137 Å². The van der Waals surface area contributed by atoms with Gasteiger partial charge in [0.25, 0.3) is 0 Å². The van der Waals surface area contributed by atoms with Gasteiger partial charge in [0.2, 0.25) is 0 Å². The summed E-state index contributed by atoms with van der Waals surface area (Å²) in [5, 5.41) is 9.98.